The molecule has 21 heavy (non-hydrogen) atoms. The van der Waals surface area contributed by atoms with Crippen molar-refractivity contribution in [2.75, 3.05) is 29.4 Å². The number of amides is 2. The number of carbonyl (C=O) groups is 2. The van der Waals surface area contributed by atoms with Crippen LogP contribution in [0.1, 0.15) is 26.2 Å². The Bertz CT molecular complexity index is 535. The lowest BCUT2D eigenvalue weighted by atomic mass is 10.1. The number of rotatable bonds is 3. The van der Waals surface area contributed by atoms with E-state index in [1.807, 2.05) is 31.2 Å². The number of piperazine rings is 1. The molecule has 0 spiro atoms. The molecule has 2 amide bonds. The molecule has 1 aromatic rings. The minimum absolute atomic E-state index is 0.0222. The number of anilines is 2. The summed E-state index contributed by atoms with van der Waals surface area (Å²) >= 11 is 0. The molecule has 5 heteroatoms. The Balaban J connectivity index is 1.79. The van der Waals surface area contributed by atoms with Gasteiger partial charge in [0, 0.05) is 24.5 Å². The lowest BCUT2D eigenvalue weighted by Crippen LogP contribution is -2.58. The van der Waals surface area contributed by atoms with Gasteiger partial charge in [-0.2, -0.15) is 0 Å². The van der Waals surface area contributed by atoms with Crippen LogP contribution in [0.15, 0.2) is 24.3 Å². The number of carbonyl (C=O) groups excluding carboxylic acids is 2. The van der Waals surface area contributed by atoms with E-state index in [1.165, 1.54) is 18.5 Å². The molecule has 1 aromatic carbocycles. The number of benzene rings is 1. The first-order valence-corrected chi connectivity index (χ1v) is 7.65. The molecule has 0 bridgehead atoms. The second-order valence-corrected chi connectivity index (χ2v) is 5.66. The summed E-state index contributed by atoms with van der Waals surface area (Å²) < 4.78 is 0. The molecule has 112 valence electrons. The van der Waals surface area contributed by atoms with E-state index in [4.69, 9.17) is 0 Å². The monoisotopic (exact) mass is 287 g/mol. The zero-order valence-electron chi connectivity index (χ0n) is 12.3. The van der Waals surface area contributed by atoms with Crippen molar-refractivity contribution in [3.8, 4) is 0 Å². The van der Waals surface area contributed by atoms with Crippen molar-refractivity contribution < 1.29 is 9.59 Å². The van der Waals surface area contributed by atoms with Crippen LogP contribution in [0.3, 0.4) is 0 Å². The van der Waals surface area contributed by atoms with Gasteiger partial charge in [-0.1, -0.05) is 6.92 Å². The van der Waals surface area contributed by atoms with Crippen molar-refractivity contribution in [2.45, 2.75) is 32.2 Å². The summed E-state index contributed by atoms with van der Waals surface area (Å²) in [5.74, 6) is -0.115. The normalized spacial score (nSPS) is 22.6. The highest BCUT2D eigenvalue weighted by molar-refractivity contribution is 6.06. The largest absolute Gasteiger partial charge is 0.372 e. The second-order valence-electron chi connectivity index (χ2n) is 5.66. The summed E-state index contributed by atoms with van der Waals surface area (Å²) in [5, 5.41) is 2.73. The van der Waals surface area contributed by atoms with Crippen molar-refractivity contribution in [2.24, 2.45) is 0 Å². The average molecular weight is 287 g/mol. The van der Waals surface area contributed by atoms with Crippen LogP contribution in [0.5, 0.6) is 0 Å². The van der Waals surface area contributed by atoms with E-state index in [9.17, 15) is 9.59 Å². The highest BCUT2D eigenvalue weighted by atomic mass is 16.2. The zero-order chi connectivity index (χ0) is 14.8. The van der Waals surface area contributed by atoms with Gasteiger partial charge in [-0.3, -0.25) is 9.59 Å². The Morgan fingerprint density at radius 2 is 1.71 bits per heavy atom. The second kappa shape index (κ2) is 5.76. The minimum Gasteiger partial charge on any atom is -0.372 e. The smallest absolute Gasteiger partial charge is 0.250 e. The lowest BCUT2D eigenvalue weighted by Gasteiger charge is -2.32. The van der Waals surface area contributed by atoms with Gasteiger partial charge >= 0.3 is 0 Å². The molecule has 0 aromatic heterocycles. The standard InChI is InChI=1S/C16H21N3O2/c1-2-14-16(21)19(11-15(20)17-14)13-7-5-12(6-8-13)18-9-3-4-10-18/h5-8,14H,2-4,9-11H2,1H3,(H,17,20). The zero-order valence-corrected chi connectivity index (χ0v) is 12.3. The molecule has 1 unspecified atom stereocenters. The van der Waals surface area contributed by atoms with Gasteiger partial charge in [-0.05, 0) is 43.5 Å². The number of nitrogens with zero attached hydrogens (tertiary/aromatic N) is 2. The predicted molar refractivity (Wildman–Crippen MR) is 82.5 cm³/mol. The van der Waals surface area contributed by atoms with Gasteiger partial charge in [-0.15, -0.1) is 0 Å². The maximum atomic E-state index is 12.3. The fraction of sp³-hybridized carbons (Fsp3) is 0.500. The molecule has 2 aliphatic heterocycles. The summed E-state index contributed by atoms with van der Waals surface area (Å²) in [4.78, 5) is 28.0. The van der Waals surface area contributed by atoms with Crippen molar-refractivity contribution in [3.63, 3.8) is 0 Å². The van der Waals surface area contributed by atoms with Crippen molar-refractivity contribution in [3.05, 3.63) is 24.3 Å². The van der Waals surface area contributed by atoms with E-state index in [-0.39, 0.29) is 18.4 Å². The Morgan fingerprint density at radius 1 is 1.10 bits per heavy atom. The summed E-state index contributed by atoms with van der Waals surface area (Å²) in [6, 6.07) is 7.57. The number of hydrogen-bond donors (Lipinski definition) is 1. The van der Waals surface area contributed by atoms with Crippen molar-refractivity contribution >= 4 is 23.2 Å². The Labute approximate surface area is 124 Å². The summed E-state index contributed by atoms with van der Waals surface area (Å²) in [7, 11) is 0. The average Bonchev–Trinajstić information content (AvgIpc) is 3.04. The van der Waals surface area contributed by atoms with Crippen LogP contribution < -0.4 is 15.1 Å². The van der Waals surface area contributed by atoms with E-state index in [2.05, 4.69) is 10.2 Å². The van der Waals surface area contributed by atoms with E-state index in [1.54, 1.807) is 4.90 Å². The highest BCUT2D eigenvalue weighted by Crippen LogP contribution is 2.25. The Hall–Kier alpha value is -2.04. The van der Waals surface area contributed by atoms with Crippen LogP contribution in [0.4, 0.5) is 11.4 Å². The third kappa shape index (κ3) is 2.73. The molecule has 3 rings (SSSR count). The van der Waals surface area contributed by atoms with E-state index in [0.717, 1.165) is 18.8 Å². The third-order valence-corrected chi connectivity index (χ3v) is 4.24. The lowest BCUT2D eigenvalue weighted by molar-refractivity contribution is -0.131. The topological polar surface area (TPSA) is 52.7 Å². The molecule has 0 saturated carbocycles. The molecule has 0 radical (unpaired) electrons. The summed E-state index contributed by atoms with van der Waals surface area (Å²) in [6.45, 7) is 4.21. The van der Waals surface area contributed by atoms with Crippen LogP contribution in [0.25, 0.3) is 0 Å². The van der Waals surface area contributed by atoms with Gasteiger partial charge in [0.25, 0.3) is 0 Å². The molecular weight excluding hydrogens is 266 g/mol. The first-order chi connectivity index (χ1) is 10.2. The maximum Gasteiger partial charge on any atom is 0.250 e. The van der Waals surface area contributed by atoms with E-state index >= 15 is 0 Å². The first kappa shape index (κ1) is 13.9. The van der Waals surface area contributed by atoms with Crippen LogP contribution in [-0.4, -0.2) is 37.5 Å². The molecule has 2 heterocycles. The Kier molecular flexibility index (Phi) is 3.82. The molecule has 5 nitrogen and oxygen atoms in total. The van der Waals surface area contributed by atoms with Crippen molar-refractivity contribution in [1.82, 2.24) is 5.32 Å². The predicted octanol–water partition coefficient (Wildman–Crippen LogP) is 1.53. The van der Waals surface area contributed by atoms with Gasteiger partial charge in [0.15, 0.2) is 0 Å². The summed E-state index contributed by atoms with van der Waals surface area (Å²) in [5.41, 5.74) is 1.99. The van der Waals surface area contributed by atoms with Crippen LogP contribution in [0.2, 0.25) is 0 Å². The van der Waals surface area contributed by atoms with Crippen LogP contribution in [-0.2, 0) is 9.59 Å². The van der Waals surface area contributed by atoms with E-state index < -0.39 is 6.04 Å². The van der Waals surface area contributed by atoms with Gasteiger partial charge in [0.2, 0.25) is 11.8 Å². The van der Waals surface area contributed by atoms with Crippen LogP contribution in [0, 0.1) is 0 Å². The number of hydrogen-bond acceptors (Lipinski definition) is 3. The molecule has 2 saturated heterocycles. The van der Waals surface area contributed by atoms with Gasteiger partial charge < -0.3 is 15.1 Å². The molecule has 2 aliphatic rings. The number of nitrogens with one attached hydrogen (secondary N) is 1. The van der Waals surface area contributed by atoms with Crippen LogP contribution >= 0.6 is 0 Å². The fourth-order valence-electron chi connectivity index (χ4n) is 3.03. The maximum absolute atomic E-state index is 12.3. The fourth-order valence-corrected chi connectivity index (χ4v) is 3.03. The molecular formula is C16H21N3O2. The summed E-state index contributed by atoms with van der Waals surface area (Å²) in [6.07, 6.45) is 3.10. The molecule has 1 N–H and O–H groups in total. The third-order valence-electron chi connectivity index (χ3n) is 4.24. The highest BCUT2D eigenvalue weighted by Gasteiger charge is 2.32. The van der Waals surface area contributed by atoms with Gasteiger partial charge in [0.05, 0.1) is 0 Å². The Morgan fingerprint density at radius 3 is 2.33 bits per heavy atom. The quantitative estimate of drug-likeness (QED) is 0.917. The molecule has 0 aliphatic carbocycles. The van der Waals surface area contributed by atoms with Gasteiger partial charge in [-0.25, -0.2) is 0 Å². The minimum atomic E-state index is -0.399. The molecule has 1 atom stereocenters. The first-order valence-electron chi connectivity index (χ1n) is 7.65. The van der Waals surface area contributed by atoms with E-state index in [0.29, 0.717) is 6.42 Å². The SMILES string of the molecule is CCC1NC(=O)CN(c2ccc(N3CCCC3)cc2)C1=O. The van der Waals surface area contributed by atoms with Gasteiger partial charge in [0.1, 0.15) is 12.6 Å². The molecule has 2 fully saturated rings. The van der Waals surface area contributed by atoms with Crippen molar-refractivity contribution in [1.29, 1.82) is 0 Å².